The number of carbonyl (C=O) groups is 1. The van der Waals surface area contributed by atoms with Crippen molar-refractivity contribution in [3.63, 3.8) is 0 Å². The van der Waals surface area contributed by atoms with E-state index in [0.717, 1.165) is 0 Å². The molecule has 0 spiro atoms. The Hall–Kier alpha value is -3.85. The van der Waals surface area contributed by atoms with E-state index in [0.29, 0.717) is 59.0 Å². The molecule has 0 aliphatic heterocycles. The second-order valence-corrected chi connectivity index (χ2v) is 7.12. The number of nitrogens with zero attached hydrogens (tertiary/aromatic N) is 3. The van der Waals surface area contributed by atoms with Crippen LogP contribution in [0.3, 0.4) is 0 Å². The summed E-state index contributed by atoms with van der Waals surface area (Å²) >= 11 is 0. The van der Waals surface area contributed by atoms with Gasteiger partial charge in [0.2, 0.25) is 0 Å². The van der Waals surface area contributed by atoms with Gasteiger partial charge in [0, 0.05) is 26.3 Å². The number of benzene rings is 2. The summed E-state index contributed by atoms with van der Waals surface area (Å²) in [5, 5.41) is 2.89. The summed E-state index contributed by atoms with van der Waals surface area (Å²) in [5.41, 5.74) is 9.64. The van der Waals surface area contributed by atoms with Crippen LogP contribution in [0, 0.1) is 0 Å². The summed E-state index contributed by atoms with van der Waals surface area (Å²) in [6.45, 7) is 0.991. The molecule has 3 N–H and O–H groups in total. The minimum absolute atomic E-state index is 0.214. The average Bonchev–Trinajstić information content (AvgIpc) is 3.10. The molecule has 32 heavy (non-hydrogen) atoms. The molecule has 2 aromatic heterocycles. The van der Waals surface area contributed by atoms with Gasteiger partial charge in [0.25, 0.3) is 5.91 Å². The van der Waals surface area contributed by atoms with Crippen molar-refractivity contribution in [1.29, 1.82) is 0 Å². The van der Waals surface area contributed by atoms with Gasteiger partial charge >= 0.3 is 0 Å². The van der Waals surface area contributed by atoms with Crippen LogP contribution in [0.5, 0.6) is 11.5 Å². The van der Waals surface area contributed by atoms with E-state index in [2.05, 4.69) is 5.32 Å². The Balaban J connectivity index is 1.96. The van der Waals surface area contributed by atoms with Crippen molar-refractivity contribution in [1.82, 2.24) is 19.9 Å². The quantitative estimate of drug-likeness (QED) is 0.409. The van der Waals surface area contributed by atoms with E-state index in [1.807, 2.05) is 24.3 Å². The molecule has 9 heteroatoms. The van der Waals surface area contributed by atoms with Crippen LogP contribution in [0.2, 0.25) is 0 Å². The lowest BCUT2D eigenvalue weighted by atomic mass is 10.2. The van der Waals surface area contributed by atoms with Crippen molar-refractivity contribution >= 4 is 33.9 Å². The number of methoxy groups -OCH3 is 3. The van der Waals surface area contributed by atoms with Gasteiger partial charge in [-0.25, -0.2) is 9.97 Å². The summed E-state index contributed by atoms with van der Waals surface area (Å²) in [4.78, 5) is 22.6. The zero-order valence-corrected chi connectivity index (χ0v) is 18.2. The molecule has 0 fully saturated rings. The molecule has 0 saturated heterocycles. The number of nitrogens with two attached hydrogens (primary N) is 1. The Kier molecular flexibility index (Phi) is 6.09. The molecule has 0 atom stereocenters. The fraction of sp³-hybridized carbons (Fsp3) is 0.261. The lowest BCUT2D eigenvalue weighted by Gasteiger charge is -2.14. The number of nitrogen functional groups attached to an aromatic ring is 1. The van der Waals surface area contributed by atoms with Crippen molar-refractivity contribution in [3.05, 3.63) is 48.0 Å². The van der Waals surface area contributed by atoms with Gasteiger partial charge in [-0.3, -0.25) is 9.36 Å². The first-order chi connectivity index (χ1) is 15.6. The van der Waals surface area contributed by atoms with Crippen LogP contribution in [0.1, 0.15) is 16.8 Å². The highest BCUT2D eigenvalue weighted by Gasteiger charge is 2.26. The van der Waals surface area contributed by atoms with Crippen molar-refractivity contribution in [2.75, 3.05) is 40.2 Å². The SMILES string of the molecule is COCCCNC(=O)c1c(N)n(-c2cc(OC)ccc2OC)c2nc3ccccc3nc12. The molecule has 0 bridgehead atoms. The molecular weight excluding hydrogens is 410 g/mol. The monoisotopic (exact) mass is 435 g/mol. The molecule has 9 nitrogen and oxygen atoms in total. The Morgan fingerprint density at radius 1 is 1.06 bits per heavy atom. The minimum atomic E-state index is -0.325. The molecule has 0 aliphatic carbocycles. The molecule has 0 unspecified atom stereocenters. The molecule has 1 amide bonds. The number of aromatic nitrogens is 3. The van der Waals surface area contributed by atoms with Gasteiger partial charge in [-0.2, -0.15) is 0 Å². The van der Waals surface area contributed by atoms with Crippen LogP contribution in [-0.4, -0.2) is 54.9 Å². The van der Waals surface area contributed by atoms with Crippen LogP contribution >= 0.6 is 0 Å². The van der Waals surface area contributed by atoms with E-state index in [9.17, 15) is 4.79 Å². The Morgan fingerprint density at radius 3 is 2.50 bits per heavy atom. The number of carbonyl (C=O) groups excluding carboxylic acids is 1. The molecular formula is C23H25N5O4. The number of nitrogens with one attached hydrogen (secondary N) is 1. The second-order valence-electron chi connectivity index (χ2n) is 7.12. The maximum Gasteiger partial charge on any atom is 0.257 e. The van der Waals surface area contributed by atoms with E-state index in [1.165, 1.54) is 0 Å². The predicted octanol–water partition coefficient (Wildman–Crippen LogP) is 2.94. The normalized spacial score (nSPS) is 11.1. The van der Waals surface area contributed by atoms with Crippen LogP contribution in [0.15, 0.2) is 42.5 Å². The zero-order chi connectivity index (χ0) is 22.7. The molecule has 2 heterocycles. The number of hydrogen-bond acceptors (Lipinski definition) is 7. The van der Waals surface area contributed by atoms with Crippen LogP contribution < -0.4 is 20.5 Å². The highest BCUT2D eigenvalue weighted by atomic mass is 16.5. The Bertz CT molecular complexity index is 1280. The minimum Gasteiger partial charge on any atom is -0.497 e. The van der Waals surface area contributed by atoms with Gasteiger partial charge in [-0.1, -0.05) is 12.1 Å². The number of para-hydroxylation sites is 2. The second kappa shape index (κ2) is 9.11. The van der Waals surface area contributed by atoms with Gasteiger partial charge in [-0.15, -0.1) is 0 Å². The first kappa shape index (κ1) is 21.4. The topological polar surface area (TPSA) is 114 Å². The first-order valence-electron chi connectivity index (χ1n) is 10.1. The largest absolute Gasteiger partial charge is 0.497 e. The maximum atomic E-state index is 13.1. The number of anilines is 1. The summed E-state index contributed by atoms with van der Waals surface area (Å²) < 4.78 is 17.7. The molecule has 166 valence electrons. The van der Waals surface area contributed by atoms with Gasteiger partial charge in [0.1, 0.15) is 28.4 Å². The van der Waals surface area contributed by atoms with Gasteiger partial charge in [0.05, 0.1) is 30.9 Å². The van der Waals surface area contributed by atoms with Crippen molar-refractivity contribution in [2.24, 2.45) is 0 Å². The fourth-order valence-electron chi connectivity index (χ4n) is 3.61. The number of rotatable bonds is 8. The molecule has 0 radical (unpaired) electrons. The predicted molar refractivity (Wildman–Crippen MR) is 123 cm³/mol. The van der Waals surface area contributed by atoms with E-state index >= 15 is 0 Å². The maximum absolute atomic E-state index is 13.1. The number of fused-ring (bicyclic) bond motifs is 2. The van der Waals surface area contributed by atoms with Crippen molar-refractivity contribution < 1.29 is 19.0 Å². The Labute approximate surface area is 185 Å². The van der Waals surface area contributed by atoms with E-state index in [4.69, 9.17) is 29.9 Å². The molecule has 0 aliphatic rings. The smallest absolute Gasteiger partial charge is 0.257 e. The summed E-state index contributed by atoms with van der Waals surface area (Å²) in [5.74, 6) is 1.05. The third-order valence-electron chi connectivity index (χ3n) is 5.16. The zero-order valence-electron chi connectivity index (χ0n) is 18.2. The number of amides is 1. The van der Waals surface area contributed by atoms with Gasteiger partial charge in [-0.05, 0) is 30.7 Å². The average molecular weight is 435 g/mol. The third kappa shape index (κ3) is 3.78. The fourth-order valence-corrected chi connectivity index (χ4v) is 3.61. The highest BCUT2D eigenvalue weighted by Crippen LogP contribution is 2.36. The molecule has 2 aromatic carbocycles. The lowest BCUT2D eigenvalue weighted by molar-refractivity contribution is 0.0951. The lowest BCUT2D eigenvalue weighted by Crippen LogP contribution is -2.26. The number of ether oxygens (including phenoxy) is 3. The van der Waals surface area contributed by atoms with E-state index in [-0.39, 0.29) is 17.3 Å². The van der Waals surface area contributed by atoms with E-state index < -0.39 is 0 Å². The highest BCUT2D eigenvalue weighted by molar-refractivity contribution is 6.11. The molecule has 0 saturated carbocycles. The molecule has 4 aromatic rings. The standard InChI is InChI=1S/C23H25N5O4/c1-30-12-6-11-25-23(29)19-20-22(27-16-8-5-4-7-15(16)26-20)28(21(19)24)17-13-14(31-2)9-10-18(17)32-3/h4-5,7-10,13H,6,11-12,24H2,1-3H3,(H,25,29). The van der Waals surface area contributed by atoms with Crippen LogP contribution in [0.25, 0.3) is 27.9 Å². The van der Waals surface area contributed by atoms with Crippen LogP contribution in [0.4, 0.5) is 5.82 Å². The van der Waals surface area contributed by atoms with Gasteiger partial charge < -0.3 is 25.3 Å². The molecule has 4 rings (SSSR count). The summed E-state index contributed by atoms with van der Waals surface area (Å²) in [6.07, 6.45) is 0.680. The van der Waals surface area contributed by atoms with Gasteiger partial charge in [0.15, 0.2) is 5.65 Å². The summed E-state index contributed by atoms with van der Waals surface area (Å²) in [6, 6.07) is 12.8. The summed E-state index contributed by atoms with van der Waals surface area (Å²) in [7, 11) is 4.77. The van der Waals surface area contributed by atoms with Crippen molar-refractivity contribution in [2.45, 2.75) is 6.42 Å². The van der Waals surface area contributed by atoms with Crippen LogP contribution in [-0.2, 0) is 4.74 Å². The van der Waals surface area contributed by atoms with Crippen molar-refractivity contribution in [3.8, 4) is 17.2 Å². The number of hydrogen-bond donors (Lipinski definition) is 2. The Morgan fingerprint density at radius 2 is 1.81 bits per heavy atom. The third-order valence-corrected chi connectivity index (χ3v) is 5.16. The van der Waals surface area contributed by atoms with E-state index in [1.54, 1.807) is 44.1 Å². The first-order valence-corrected chi connectivity index (χ1v) is 10.1.